The minimum Gasteiger partial charge on any atom is -0.350 e. The number of carbonyl (C=O) groups excluding carboxylic acids is 6. The van der Waals surface area contributed by atoms with Crippen molar-refractivity contribution in [3.05, 3.63) is 69.0 Å². The van der Waals surface area contributed by atoms with Crippen molar-refractivity contribution >= 4 is 43.0 Å². The number of hydrogen-bond donors (Lipinski definition) is 10. The molecular weight excluding hydrogens is 813 g/mol. The van der Waals surface area contributed by atoms with E-state index in [4.69, 9.17) is 9.26 Å². The quantitative estimate of drug-likeness (QED) is 0.0358. The van der Waals surface area contributed by atoms with E-state index in [2.05, 4.69) is 56.8 Å². The fourth-order valence-electron chi connectivity index (χ4n) is 5.71. The maximum atomic E-state index is 12.8. The molecule has 3 aromatic heterocycles. The molecule has 1 fully saturated rings. The summed E-state index contributed by atoms with van der Waals surface area (Å²) in [6.07, 6.45) is 4.80. The highest BCUT2D eigenvalue weighted by Crippen LogP contribution is 2.46. The van der Waals surface area contributed by atoms with Gasteiger partial charge in [-0.25, -0.2) is 14.8 Å². The van der Waals surface area contributed by atoms with Crippen LogP contribution in [0.5, 0.6) is 0 Å². The lowest BCUT2D eigenvalue weighted by atomic mass is 10.2. The number of rotatable bonds is 21. The number of nitrogens with one attached hydrogen (secondary N) is 9. The Morgan fingerprint density at radius 3 is 1.73 bits per heavy atom. The van der Waals surface area contributed by atoms with Crippen molar-refractivity contribution in [3.63, 3.8) is 0 Å². The fraction of sp³-hybridized carbons (Fsp3) is 0.529. The van der Waals surface area contributed by atoms with Gasteiger partial charge in [-0.2, -0.15) is 0 Å². The Balaban J connectivity index is 1.27. The van der Waals surface area contributed by atoms with E-state index in [1.54, 1.807) is 17.3 Å². The molecule has 6 amide bonds. The molecule has 4 atom stereocenters. The van der Waals surface area contributed by atoms with Gasteiger partial charge >= 0.3 is 48.7 Å². The molecule has 4 rings (SSSR count). The summed E-state index contributed by atoms with van der Waals surface area (Å²) in [5.41, 5.74) is 0.369. The minimum atomic E-state index is -4.08. The fourth-order valence-corrected chi connectivity index (χ4v) is 6.50. The van der Waals surface area contributed by atoms with Crippen LogP contribution in [0.1, 0.15) is 36.5 Å². The average Bonchev–Trinajstić information content (AvgIpc) is 4.01. The second-order valence-electron chi connectivity index (χ2n) is 13.4. The van der Waals surface area contributed by atoms with Gasteiger partial charge in [0.15, 0.2) is 0 Å². The average molecular weight is 864 g/mol. The molecule has 25 nitrogen and oxygen atoms in total. The predicted molar refractivity (Wildman–Crippen MR) is 209 cm³/mol. The van der Waals surface area contributed by atoms with Gasteiger partial charge in [0, 0.05) is 120 Å². The molecule has 328 valence electrons. The Hall–Kier alpha value is -6.01. The van der Waals surface area contributed by atoms with Crippen LogP contribution >= 0.6 is 7.60 Å². The van der Waals surface area contributed by atoms with Gasteiger partial charge in [-0.1, -0.05) is 6.92 Å². The Kier molecular flexibility index (Phi) is 17.9. The van der Waals surface area contributed by atoms with Gasteiger partial charge in [0.2, 0.25) is 0 Å². The molecule has 0 aliphatic carbocycles. The highest BCUT2D eigenvalue weighted by Gasteiger charge is 2.41. The summed E-state index contributed by atoms with van der Waals surface area (Å²) in [5.74, 6) is -5.59. The summed E-state index contributed by atoms with van der Waals surface area (Å²) in [4.78, 5) is 127. The first-order valence-electron chi connectivity index (χ1n) is 19.0. The Labute approximate surface area is 342 Å². The molecule has 26 heteroatoms. The summed E-state index contributed by atoms with van der Waals surface area (Å²) in [5, 5.41) is 14.9. The van der Waals surface area contributed by atoms with E-state index in [1.165, 1.54) is 32.7 Å². The third-order valence-electron chi connectivity index (χ3n) is 9.03. The molecule has 0 radical (unpaired) electrons. The van der Waals surface area contributed by atoms with Crippen LogP contribution in [-0.4, -0.2) is 152 Å². The molecule has 0 aromatic carbocycles. The van der Waals surface area contributed by atoms with Crippen molar-refractivity contribution < 1.29 is 47.5 Å². The molecular formula is C34H50N13O12P. The van der Waals surface area contributed by atoms with Crippen molar-refractivity contribution in [1.29, 1.82) is 0 Å². The SMILES string of the molecule is CCP(=O)(O)OC1C[C@H](n2cc(C)c(=O)[nH]c2=O)O[C@@H]1CNC(=O)C(=O)NCCN(CCNC(=O)C(=O)NCCc1cnc[nH]1)CCNC(=O)C(=O)NCCc1cnc[nH]1. The van der Waals surface area contributed by atoms with Crippen LogP contribution in [0.15, 0.2) is 40.8 Å². The van der Waals surface area contributed by atoms with E-state index < -0.39 is 72.7 Å². The number of H-pyrrole nitrogens is 3. The molecule has 1 aliphatic heterocycles. The standard InChI is InChI=1S/C34H50N13O12P/c1-3-60(56,57)59-24-14-26(47-18-21(2)27(48)45-34(47)55)58-25(24)17-42-33(54)32(53)41-10-13-46(11-8-39-30(51)28(49)37-6-4-22-15-35-19-43-22)12-9-40-31(52)29(50)38-7-5-23-16-36-20-44-23/h15-16,18-20,24-26H,3-14,17H2,1-2H3,(H,35,43)(H,36,44)(H,37,49)(H,38,50)(H,39,51)(H,40,52)(H,41,53)(H,42,54)(H,56,57)(H,45,48,55)/t24?,25-,26-/m1/s1. The van der Waals surface area contributed by atoms with E-state index in [1.807, 2.05) is 0 Å². The van der Waals surface area contributed by atoms with Gasteiger partial charge in [-0.15, -0.1) is 0 Å². The zero-order valence-corrected chi connectivity index (χ0v) is 33.9. The lowest BCUT2D eigenvalue weighted by molar-refractivity contribution is -0.139. The zero-order valence-electron chi connectivity index (χ0n) is 33.0. The Bertz CT molecular complexity index is 2020. The monoisotopic (exact) mass is 863 g/mol. The summed E-state index contributed by atoms with van der Waals surface area (Å²) in [7, 11) is -4.08. The smallest absolute Gasteiger partial charge is 0.330 e. The number of nitrogens with zero attached hydrogens (tertiary/aromatic N) is 4. The van der Waals surface area contributed by atoms with E-state index >= 15 is 0 Å². The van der Waals surface area contributed by atoms with Crippen molar-refractivity contribution in [1.82, 2.24) is 66.3 Å². The molecule has 4 heterocycles. The van der Waals surface area contributed by atoms with Crippen molar-refractivity contribution in [2.45, 2.75) is 51.5 Å². The number of aryl methyl sites for hydroxylation is 1. The van der Waals surface area contributed by atoms with Crippen LogP contribution in [0, 0.1) is 6.92 Å². The number of hydrogen-bond acceptors (Lipinski definition) is 14. The summed E-state index contributed by atoms with van der Waals surface area (Å²) >= 11 is 0. The number of amides is 6. The molecule has 60 heavy (non-hydrogen) atoms. The first-order valence-corrected chi connectivity index (χ1v) is 20.7. The molecule has 2 unspecified atom stereocenters. The largest absolute Gasteiger partial charge is 0.350 e. The van der Waals surface area contributed by atoms with Crippen LogP contribution in [0.25, 0.3) is 0 Å². The van der Waals surface area contributed by atoms with E-state index in [9.17, 15) is 47.8 Å². The Morgan fingerprint density at radius 2 is 1.28 bits per heavy atom. The predicted octanol–water partition coefficient (Wildman–Crippen LogP) is -4.35. The van der Waals surface area contributed by atoms with Crippen LogP contribution in [0.4, 0.5) is 0 Å². The first kappa shape index (κ1) is 46.7. The number of carbonyl (C=O) groups is 6. The normalized spacial score (nSPS) is 17.0. The van der Waals surface area contributed by atoms with Crippen LogP contribution < -0.4 is 43.1 Å². The van der Waals surface area contributed by atoms with Crippen LogP contribution in [-0.2, 0) is 55.4 Å². The number of aromatic amines is 3. The maximum absolute atomic E-state index is 12.8. The van der Waals surface area contributed by atoms with Crippen LogP contribution in [0.3, 0.4) is 0 Å². The number of ether oxygens (including phenoxy) is 1. The summed E-state index contributed by atoms with van der Waals surface area (Å²) in [6.45, 7) is 3.17. The summed E-state index contributed by atoms with van der Waals surface area (Å²) < 4.78 is 24.8. The third-order valence-corrected chi connectivity index (χ3v) is 10.4. The van der Waals surface area contributed by atoms with Crippen molar-refractivity contribution in [2.75, 3.05) is 65.1 Å². The minimum absolute atomic E-state index is 0.0154. The molecule has 10 N–H and O–H groups in total. The van der Waals surface area contributed by atoms with Crippen molar-refractivity contribution in [2.24, 2.45) is 0 Å². The highest BCUT2D eigenvalue weighted by atomic mass is 31.2. The van der Waals surface area contributed by atoms with Gasteiger partial charge in [-0.05, 0) is 6.92 Å². The lowest BCUT2D eigenvalue weighted by Gasteiger charge is -2.23. The second-order valence-corrected chi connectivity index (χ2v) is 15.5. The van der Waals surface area contributed by atoms with Gasteiger partial charge in [-0.3, -0.25) is 52.6 Å². The molecule has 0 spiro atoms. The second kappa shape index (κ2) is 23.0. The first-order chi connectivity index (χ1) is 28.6. The molecule has 0 saturated carbocycles. The molecule has 1 saturated heterocycles. The van der Waals surface area contributed by atoms with E-state index in [0.717, 1.165) is 16.0 Å². The van der Waals surface area contributed by atoms with E-state index in [0.29, 0.717) is 12.8 Å². The van der Waals surface area contributed by atoms with Crippen LogP contribution in [0.2, 0.25) is 0 Å². The molecule has 0 bridgehead atoms. The highest BCUT2D eigenvalue weighted by molar-refractivity contribution is 7.52. The van der Waals surface area contributed by atoms with Crippen molar-refractivity contribution in [3.8, 4) is 0 Å². The topological polar surface area (TPSA) is 346 Å². The van der Waals surface area contributed by atoms with Gasteiger partial charge < -0.3 is 56.0 Å². The summed E-state index contributed by atoms with van der Waals surface area (Å²) in [6, 6.07) is 0. The van der Waals surface area contributed by atoms with Gasteiger partial charge in [0.1, 0.15) is 12.3 Å². The maximum Gasteiger partial charge on any atom is 0.330 e. The molecule has 3 aromatic rings. The van der Waals surface area contributed by atoms with Gasteiger partial charge in [0.05, 0.1) is 18.8 Å². The van der Waals surface area contributed by atoms with Gasteiger partial charge in [0.25, 0.3) is 5.56 Å². The molecule has 1 aliphatic rings. The lowest BCUT2D eigenvalue weighted by Crippen LogP contribution is -2.48. The Morgan fingerprint density at radius 1 is 0.817 bits per heavy atom. The zero-order chi connectivity index (χ0) is 43.7. The van der Waals surface area contributed by atoms with E-state index in [-0.39, 0.29) is 77.0 Å². The number of aromatic nitrogens is 6. The third kappa shape index (κ3) is 15.0. The number of imidazole rings is 2.